The van der Waals surface area contributed by atoms with Gasteiger partial charge in [0.05, 0.1) is 6.54 Å². The summed E-state index contributed by atoms with van der Waals surface area (Å²) in [5.41, 5.74) is 3.44. The summed E-state index contributed by atoms with van der Waals surface area (Å²) in [6.45, 7) is 2.57. The van der Waals surface area contributed by atoms with Gasteiger partial charge in [0, 0.05) is 0 Å². The van der Waals surface area contributed by atoms with Crippen molar-refractivity contribution in [1.29, 1.82) is 0 Å². The molecule has 0 aliphatic heterocycles. The Balaban J connectivity index is 2.57. The number of nitrogens with zero attached hydrogens (tertiary/aromatic N) is 2. The highest BCUT2D eigenvalue weighted by Crippen LogP contribution is 2.06. The summed E-state index contributed by atoms with van der Waals surface area (Å²) in [4.78, 5) is 4.25. The number of rotatable bonds is 8. The predicted octanol–water partition coefficient (Wildman–Crippen LogP) is 3.36. The summed E-state index contributed by atoms with van der Waals surface area (Å²) in [5, 5.41) is 21.4. The molecule has 0 saturated carbocycles. The summed E-state index contributed by atoms with van der Waals surface area (Å²) in [6.07, 6.45) is 4.89. The zero-order chi connectivity index (χ0) is 14.6. The van der Waals surface area contributed by atoms with E-state index in [1.165, 1.54) is 0 Å². The van der Waals surface area contributed by atoms with Crippen LogP contribution in [-0.2, 0) is 6.54 Å². The van der Waals surface area contributed by atoms with E-state index in [0.29, 0.717) is 18.7 Å². The van der Waals surface area contributed by atoms with Crippen LogP contribution in [0.3, 0.4) is 0 Å². The molecule has 1 aromatic carbocycles. The number of hydrogen-bond acceptors (Lipinski definition) is 4. The van der Waals surface area contributed by atoms with Crippen LogP contribution in [0.25, 0.3) is 0 Å². The second-order valence-corrected chi connectivity index (χ2v) is 4.62. The number of benzene rings is 1. The third-order valence-electron chi connectivity index (χ3n) is 3.03. The quantitative estimate of drug-likeness (QED) is 0.224. The number of oxime groups is 1. The first kappa shape index (κ1) is 16.2. The molecule has 0 aromatic heterocycles. The van der Waals surface area contributed by atoms with Gasteiger partial charge in [-0.25, -0.2) is 0 Å². The fourth-order valence-electron chi connectivity index (χ4n) is 1.88. The number of nitrogens with one attached hydrogen (secondary N) is 1. The molecule has 0 radical (unpaired) electrons. The Kier molecular flexibility index (Phi) is 8.07. The standard InChI is InChI=1S/C15H23N3O2/c1-2-3-4-8-11-14(17-19)15(18-20)16-12-13-9-6-5-7-10-13/h5-7,9-10,19-20H,2-4,8,11-12H2,1H3,(H,16,18)/b17-14-. The minimum Gasteiger partial charge on any atom is -0.411 e. The molecule has 5 heteroatoms. The Morgan fingerprint density at radius 1 is 1.15 bits per heavy atom. The zero-order valence-electron chi connectivity index (χ0n) is 11.9. The highest BCUT2D eigenvalue weighted by atomic mass is 16.5. The first-order valence-corrected chi connectivity index (χ1v) is 7.01. The number of amidine groups is 1. The van der Waals surface area contributed by atoms with Gasteiger partial charge < -0.3 is 5.21 Å². The predicted molar refractivity (Wildman–Crippen MR) is 80.5 cm³/mol. The minimum absolute atomic E-state index is 0.229. The van der Waals surface area contributed by atoms with Crippen molar-refractivity contribution in [2.45, 2.75) is 45.6 Å². The summed E-state index contributed by atoms with van der Waals surface area (Å²) < 4.78 is 0. The fourth-order valence-corrected chi connectivity index (χ4v) is 1.88. The summed E-state index contributed by atoms with van der Waals surface area (Å²) in [6, 6.07) is 9.71. The molecule has 0 bridgehead atoms. The van der Waals surface area contributed by atoms with Crippen molar-refractivity contribution in [2.75, 3.05) is 0 Å². The number of aliphatic imine (C=N–C) groups is 1. The molecule has 0 unspecified atom stereocenters. The molecule has 0 heterocycles. The van der Waals surface area contributed by atoms with E-state index in [4.69, 9.17) is 10.4 Å². The van der Waals surface area contributed by atoms with Crippen LogP contribution in [0.5, 0.6) is 0 Å². The van der Waals surface area contributed by atoms with E-state index in [1.807, 2.05) is 35.8 Å². The lowest BCUT2D eigenvalue weighted by molar-refractivity contribution is 0.235. The third-order valence-corrected chi connectivity index (χ3v) is 3.03. The maximum Gasteiger partial charge on any atom is 0.170 e. The maximum absolute atomic E-state index is 9.14. The third kappa shape index (κ3) is 5.84. The van der Waals surface area contributed by atoms with Crippen molar-refractivity contribution in [3.05, 3.63) is 35.9 Å². The minimum atomic E-state index is 0.229. The molecule has 0 aliphatic carbocycles. The van der Waals surface area contributed by atoms with Crippen LogP contribution in [0.2, 0.25) is 0 Å². The lowest BCUT2D eigenvalue weighted by Gasteiger charge is -2.07. The highest BCUT2D eigenvalue weighted by molar-refractivity contribution is 6.40. The van der Waals surface area contributed by atoms with Gasteiger partial charge in [-0.05, 0) is 18.4 Å². The number of hydroxylamine groups is 1. The Bertz CT molecular complexity index is 430. The Morgan fingerprint density at radius 2 is 1.90 bits per heavy atom. The van der Waals surface area contributed by atoms with Crippen LogP contribution in [0.4, 0.5) is 0 Å². The molecule has 20 heavy (non-hydrogen) atoms. The van der Waals surface area contributed by atoms with E-state index in [1.54, 1.807) is 0 Å². The van der Waals surface area contributed by atoms with E-state index >= 15 is 0 Å². The zero-order valence-corrected chi connectivity index (χ0v) is 11.9. The second kappa shape index (κ2) is 9.97. The van der Waals surface area contributed by atoms with E-state index in [-0.39, 0.29) is 5.84 Å². The average molecular weight is 277 g/mol. The van der Waals surface area contributed by atoms with Crippen molar-refractivity contribution in [1.82, 2.24) is 5.48 Å². The summed E-state index contributed by atoms with van der Waals surface area (Å²) in [5.74, 6) is 0.229. The van der Waals surface area contributed by atoms with Crippen LogP contribution in [-0.4, -0.2) is 22.0 Å². The van der Waals surface area contributed by atoms with Gasteiger partial charge in [0.2, 0.25) is 0 Å². The SMILES string of the molecule is CCCCCC/C(=N/O)C(=NCc1ccccc1)NO. The lowest BCUT2D eigenvalue weighted by Crippen LogP contribution is -2.29. The smallest absolute Gasteiger partial charge is 0.170 e. The number of hydrogen-bond donors (Lipinski definition) is 3. The van der Waals surface area contributed by atoms with Crippen molar-refractivity contribution in [2.24, 2.45) is 10.1 Å². The van der Waals surface area contributed by atoms with Crippen molar-refractivity contribution >= 4 is 11.5 Å². The second-order valence-electron chi connectivity index (χ2n) is 4.62. The topological polar surface area (TPSA) is 77.2 Å². The first-order valence-electron chi connectivity index (χ1n) is 7.01. The molecule has 5 nitrogen and oxygen atoms in total. The monoisotopic (exact) mass is 277 g/mol. The summed E-state index contributed by atoms with van der Waals surface area (Å²) >= 11 is 0. The van der Waals surface area contributed by atoms with Crippen molar-refractivity contribution in [3.63, 3.8) is 0 Å². The van der Waals surface area contributed by atoms with Crippen LogP contribution in [0.1, 0.15) is 44.6 Å². The molecule has 3 N–H and O–H groups in total. The van der Waals surface area contributed by atoms with Crippen LogP contribution in [0.15, 0.2) is 40.5 Å². The van der Waals surface area contributed by atoms with E-state index in [2.05, 4.69) is 17.1 Å². The van der Waals surface area contributed by atoms with E-state index < -0.39 is 0 Å². The normalized spacial score (nSPS) is 12.5. The molecule has 0 saturated heterocycles. The van der Waals surface area contributed by atoms with Gasteiger partial charge in [0.15, 0.2) is 5.84 Å². The lowest BCUT2D eigenvalue weighted by atomic mass is 10.1. The van der Waals surface area contributed by atoms with Gasteiger partial charge in [0.25, 0.3) is 0 Å². The summed E-state index contributed by atoms with van der Waals surface area (Å²) in [7, 11) is 0. The molecule has 110 valence electrons. The Morgan fingerprint density at radius 3 is 2.50 bits per heavy atom. The molecule has 1 aromatic rings. The molecule has 0 atom stereocenters. The molecule has 0 fully saturated rings. The first-order chi connectivity index (χ1) is 9.81. The van der Waals surface area contributed by atoms with Crippen LogP contribution < -0.4 is 5.48 Å². The van der Waals surface area contributed by atoms with E-state index in [9.17, 15) is 0 Å². The van der Waals surface area contributed by atoms with Crippen molar-refractivity contribution in [3.8, 4) is 0 Å². The van der Waals surface area contributed by atoms with Gasteiger partial charge in [-0.1, -0.05) is 61.7 Å². The molecule has 1 rings (SSSR count). The van der Waals surface area contributed by atoms with Gasteiger partial charge >= 0.3 is 0 Å². The average Bonchev–Trinajstić information content (AvgIpc) is 2.50. The van der Waals surface area contributed by atoms with Crippen molar-refractivity contribution < 1.29 is 10.4 Å². The Hall–Kier alpha value is -1.88. The van der Waals surface area contributed by atoms with Crippen LogP contribution >= 0.6 is 0 Å². The van der Waals surface area contributed by atoms with Gasteiger partial charge in [-0.3, -0.25) is 15.7 Å². The van der Waals surface area contributed by atoms with Gasteiger partial charge in [-0.2, -0.15) is 0 Å². The van der Waals surface area contributed by atoms with E-state index in [0.717, 1.165) is 31.2 Å². The largest absolute Gasteiger partial charge is 0.411 e. The van der Waals surface area contributed by atoms with Crippen LogP contribution in [0, 0.1) is 0 Å². The fraction of sp³-hybridized carbons (Fsp3) is 0.467. The maximum atomic E-state index is 9.14. The number of unbranched alkanes of at least 4 members (excludes halogenated alkanes) is 3. The molecular weight excluding hydrogens is 254 g/mol. The highest BCUT2D eigenvalue weighted by Gasteiger charge is 2.08. The molecular formula is C15H23N3O2. The molecule has 0 aliphatic rings. The van der Waals surface area contributed by atoms with Gasteiger partial charge in [0.1, 0.15) is 5.71 Å². The van der Waals surface area contributed by atoms with Gasteiger partial charge in [-0.15, -0.1) is 0 Å². The molecule has 0 spiro atoms. The Labute approximate surface area is 120 Å². The molecule has 0 amide bonds.